The molecule has 0 bridgehead atoms. The predicted molar refractivity (Wildman–Crippen MR) is 167 cm³/mol. The number of hydrogen-bond donors (Lipinski definition) is 0. The second kappa shape index (κ2) is 12.7. The van der Waals surface area contributed by atoms with Crippen LogP contribution in [0.4, 0.5) is 10.1 Å². The van der Waals surface area contributed by atoms with Crippen LogP contribution in [0.25, 0.3) is 11.1 Å². The lowest BCUT2D eigenvalue weighted by Crippen LogP contribution is -2.45. The molecule has 0 unspecified atom stereocenters. The normalized spacial score (nSPS) is 15.3. The van der Waals surface area contributed by atoms with Crippen LogP contribution in [0.3, 0.4) is 0 Å². The summed E-state index contributed by atoms with van der Waals surface area (Å²) in [4.78, 5) is 16.7. The minimum Gasteiger partial charge on any atom is -0.374 e. The third-order valence-electron chi connectivity index (χ3n) is 9.26. The third-order valence-corrected chi connectivity index (χ3v) is 9.26. The first-order valence-corrected chi connectivity index (χ1v) is 14.9. The molecule has 1 aliphatic rings. The van der Waals surface area contributed by atoms with Gasteiger partial charge in [-0.05, 0) is 129 Å². The van der Waals surface area contributed by atoms with Gasteiger partial charge in [0.1, 0.15) is 12.1 Å². The molecule has 4 rings (SSSR count). The lowest BCUT2D eigenvalue weighted by molar-refractivity contribution is -0.110. The topological polar surface area (TPSA) is 23.6 Å². The molecule has 0 atom stereocenters. The Labute approximate surface area is 241 Å². The van der Waals surface area contributed by atoms with Crippen LogP contribution in [0.15, 0.2) is 42.5 Å². The summed E-state index contributed by atoms with van der Waals surface area (Å²) in [5.74, 6) is -0.143. The number of likely N-dealkylation sites (tertiary alicyclic amines) is 1. The SMILES string of the molecule is CCCc1cc(CN2CCC(CC=O)(CN(C)c3ccc(C)cc3C)CC2)c(-c2ccc(F)c(C)c2C)cc1C. The number of benzene rings is 3. The zero-order chi connectivity index (χ0) is 29.0. The molecular weight excluding hydrogens is 495 g/mol. The first kappa shape index (κ1) is 30.0. The van der Waals surface area contributed by atoms with Crippen molar-refractivity contribution in [3.05, 3.63) is 87.2 Å². The van der Waals surface area contributed by atoms with Gasteiger partial charge in [0, 0.05) is 32.2 Å². The largest absolute Gasteiger partial charge is 0.374 e. The van der Waals surface area contributed by atoms with Crippen LogP contribution in [-0.2, 0) is 17.8 Å². The molecule has 0 amide bonds. The number of halogens is 1. The molecule has 40 heavy (non-hydrogen) atoms. The van der Waals surface area contributed by atoms with E-state index in [9.17, 15) is 9.18 Å². The van der Waals surface area contributed by atoms with E-state index in [0.717, 1.165) is 74.8 Å². The van der Waals surface area contributed by atoms with Gasteiger partial charge in [-0.2, -0.15) is 0 Å². The van der Waals surface area contributed by atoms with E-state index < -0.39 is 0 Å². The highest BCUT2D eigenvalue weighted by Crippen LogP contribution is 2.39. The van der Waals surface area contributed by atoms with E-state index >= 15 is 0 Å². The Balaban J connectivity index is 1.57. The van der Waals surface area contributed by atoms with Crippen LogP contribution in [0, 0.1) is 45.9 Å². The summed E-state index contributed by atoms with van der Waals surface area (Å²) in [6, 6.07) is 14.9. The summed E-state index contributed by atoms with van der Waals surface area (Å²) in [5.41, 5.74) is 11.9. The average molecular weight is 543 g/mol. The van der Waals surface area contributed by atoms with Gasteiger partial charge in [-0.15, -0.1) is 0 Å². The monoisotopic (exact) mass is 542 g/mol. The summed E-state index contributed by atoms with van der Waals surface area (Å²) in [5, 5.41) is 0. The van der Waals surface area contributed by atoms with Gasteiger partial charge in [-0.25, -0.2) is 4.39 Å². The van der Waals surface area contributed by atoms with Gasteiger partial charge in [0.15, 0.2) is 0 Å². The molecule has 0 saturated carbocycles. The van der Waals surface area contributed by atoms with Crippen LogP contribution in [-0.4, -0.2) is 37.9 Å². The second-order valence-electron chi connectivity index (χ2n) is 12.3. The molecule has 1 heterocycles. The van der Waals surface area contributed by atoms with Crippen molar-refractivity contribution in [1.29, 1.82) is 0 Å². The minimum absolute atomic E-state index is 0.0154. The van der Waals surface area contributed by atoms with E-state index in [0.29, 0.717) is 6.42 Å². The molecular formula is C36H47FN2O. The Morgan fingerprint density at radius 1 is 0.900 bits per heavy atom. The Kier molecular flexibility index (Phi) is 9.51. The highest BCUT2D eigenvalue weighted by molar-refractivity contribution is 5.73. The Morgan fingerprint density at radius 2 is 1.62 bits per heavy atom. The summed E-state index contributed by atoms with van der Waals surface area (Å²) < 4.78 is 14.3. The number of anilines is 1. The van der Waals surface area contributed by atoms with E-state index in [4.69, 9.17) is 0 Å². The number of piperidine rings is 1. The first-order valence-electron chi connectivity index (χ1n) is 14.9. The van der Waals surface area contributed by atoms with Crippen LogP contribution in [0.2, 0.25) is 0 Å². The quantitative estimate of drug-likeness (QED) is 0.241. The fourth-order valence-electron chi connectivity index (χ4n) is 6.66. The van der Waals surface area contributed by atoms with Crippen molar-refractivity contribution in [2.75, 3.05) is 31.6 Å². The molecule has 1 fully saturated rings. The van der Waals surface area contributed by atoms with Crippen molar-refractivity contribution < 1.29 is 9.18 Å². The van der Waals surface area contributed by atoms with Crippen molar-refractivity contribution in [1.82, 2.24) is 4.90 Å². The number of aldehydes is 1. The van der Waals surface area contributed by atoms with Gasteiger partial charge >= 0.3 is 0 Å². The standard InChI is InChI=1S/C36H47FN2O/c1-8-9-30-22-31(33(21-26(30)3)32-11-12-34(37)29(6)28(32)5)23-39-17-14-36(15-18-39,16-19-40)24-38(7)35-13-10-25(2)20-27(35)4/h10-13,19-22H,8-9,14-18,23-24H2,1-7H3. The molecule has 1 aliphatic heterocycles. The van der Waals surface area contributed by atoms with E-state index in [2.05, 4.69) is 74.9 Å². The first-order chi connectivity index (χ1) is 19.1. The van der Waals surface area contributed by atoms with Crippen molar-refractivity contribution >= 4 is 12.0 Å². The molecule has 3 nitrogen and oxygen atoms in total. The van der Waals surface area contributed by atoms with Gasteiger partial charge < -0.3 is 9.69 Å². The summed E-state index contributed by atoms with van der Waals surface area (Å²) in [6.45, 7) is 16.3. The number of nitrogens with zero attached hydrogens (tertiary/aromatic N) is 2. The third kappa shape index (κ3) is 6.49. The molecule has 0 N–H and O–H groups in total. The fourth-order valence-corrected chi connectivity index (χ4v) is 6.66. The lowest BCUT2D eigenvalue weighted by Gasteiger charge is -2.44. The van der Waals surface area contributed by atoms with Gasteiger partial charge in [-0.3, -0.25) is 4.90 Å². The fraction of sp³-hybridized carbons (Fsp3) is 0.472. The van der Waals surface area contributed by atoms with Crippen molar-refractivity contribution in [2.24, 2.45) is 5.41 Å². The van der Waals surface area contributed by atoms with Crippen LogP contribution in [0.1, 0.15) is 71.6 Å². The van der Waals surface area contributed by atoms with Crippen molar-refractivity contribution in [2.45, 2.75) is 80.2 Å². The van der Waals surface area contributed by atoms with E-state index in [1.54, 1.807) is 6.07 Å². The van der Waals surface area contributed by atoms with Crippen LogP contribution < -0.4 is 4.90 Å². The number of rotatable bonds is 10. The van der Waals surface area contributed by atoms with E-state index in [-0.39, 0.29) is 11.2 Å². The molecule has 0 spiro atoms. The highest BCUT2D eigenvalue weighted by Gasteiger charge is 2.36. The maximum Gasteiger partial charge on any atom is 0.126 e. The van der Waals surface area contributed by atoms with Crippen LogP contribution in [0.5, 0.6) is 0 Å². The Bertz CT molecular complexity index is 1350. The molecule has 3 aromatic rings. The number of carbonyl (C=O) groups is 1. The molecule has 0 aromatic heterocycles. The molecule has 214 valence electrons. The van der Waals surface area contributed by atoms with Gasteiger partial charge in [0.05, 0.1) is 0 Å². The average Bonchev–Trinajstić information content (AvgIpc) is 2.91. The lowest BCUT2D eigenvalue weighted by atomic mass is 9.75. The predicted octanol–water partition coefficient (Wildman–Crippen LogP) is 8.29. The second-order valence-corrected chi connectivity index (χ2v) is 12.3. The number of aryl methyl sites for hydroxylation is 4. The molecule has 0 aliphatic carbocycles. The highest BCUT2D eigenvalue weighted by atomic mass is 19.1. The van der Waals surface area contributed by atoms with Crippen molar-refractivity contribution in [3.8, 4) is 11.1 Å². The molecule has 3 aromatic carbocycles. The minimum atomic E-state index is -0.143. The zero-order valence-corrected chi connectivity index (χ0v) is 25.7. The summed E-state index contributed by atoms with van der Waals surface area (Å²) in [6.07, 6.45) is 5.89. The van der Waals surface area contributed by atoms with E-state index in [1.807, 2.05) is 19.9 Å². The molecule has 0 radical (unpaired) electrons. The van der Waals surface area contributed by atoms with Crippen LogP contribution >= 0.6 is 0 Å². The molecule has 1 saturated heterocycles. The van der Waals surface area contributed by atoms with Crippen molar-refractivity contribution in [3.63, 3.8) is 0 Å². The smallest absolute Gasteiger partial charge is 0.126 e. The van der Waals surface area contributed by atoms with E-state index in [1.165, 1.54) is 39.1 Å². The maximum atomic E-state index is 14.3. The zero-order valence-electron chi connectivity index (χ0n) is 25.7. The van der Waals surface area contributed by atoms with Gasteiger partial charge in [0.25, 0.3) is 0 Å². The van der Waals surface area contributed by atoms with Gasteiger partial charge in [-0.1, -0.05) is 49.2 Å². The Morgan fingerprint density at radius 3 is 2.27 bits per heavy atom. The summed E-state index contributed by atoms with van der Waals surface area (Å²) >= 11 is 0. The Hall–Kier alpha value is -2.98. The maximum absolute atomic E-state index is 14.3. The molecule has 4 heteroatoms. The van der Waals surface area contributed by atoms with Gasteiger partial charge in [0.2, 0.25) is 0 Å². The number of hydrogen-bond acceptors (Lipinski definition) is 3. The number of carbonyl (C=O) groups excluding carboxylic acids is 1. The summed E-state index contributed by atoms with van der Waals surface area (Å²) in [7, 11) is 2.16.